The van der Waals surface area contributed by atoms with Gasteiger partial charge in [0.2, 0.25) is 5.95 Å². The monoisotopic (exact) mass is 342 g/mol. The molecule has 1 aliphatic rings. The first-order valence-corrected chi connectivity index (χ1v) is 8.94. The van der Waals surface area contributed by atoms with Crippen LogP contribution in [0.25, 0.3) is 0 Å². The number of hydrogen-bond donors (Lipinski definition) is 1. The highest BCUT2D eigenvalue weighted by Gasteiger charge is 2.25. The maximum Gasteiger partial charge on any atom is 0.272 e. The molecule has 3 heterocycles. The third kappa shape index (κ3) is 4.35. The Morgan fingerprint density at radius 3 is 2.72 bits per heavy atom. The molecule has 0 radical (unpaired) electrons. The first kappa shape index (κ1) is 17.4. The second-order valence-electron chi connectivity index (χ2n) is 6.98. The predicted molar refractivity (Wildman–Crippen MR) is 96.0 cm³/mol. The second-order valence-corrected chi connectivity index (χ2v) is 6.98. The summed E-state index contributed by atoms with van der Waals surface area (Å²) in [7, 11) is 0. The summed E-state index contributed by atoms with van der Waals surface area (Å²) >= 11 is 0. The molecule has 1 saturated heterocycles. The highest BCUT2D eigenvalue weighted by atomic mass is 16.2. The van der Waals surface area contributed by atoms with Gasteiger partial charge in [-0.2, -0.15) is 5.10 Å². The number of rotatable bonds is 5. The molecule has 2 aromatic rings. The van der Waals surface area contributed by atoms with E-state index in [1.807, 2.05) is 35.7 Å². The molecule has 0 spiro atoms. The fraction of sp³-hybridized carbons (Fsp3) is 0.556. The van der Waals surface area contributed by atoms with Crippen LogP contribution in [0.5, 0.6) is 0 Å². The van der Waals surface area contributed by atoms with Crippen molar-refractivity contribution in [3.8, 4) is 0 Å². The zero-order valence-corrected chi connectivity index (χ0v) is 14.9. The SMILES string of the molecule is CC(C)c1cc(C(=O)N2CCC(CCn3cccn3)CC2)nc(N)n1. The predicted octanol–water partition coefficient (Wildman–Crippen LogP) is 2.32. The van der Waals surface area contributed by atoms with Gasteiger partial charge >= 0.3 is 0 Å². The third-order valence-electron chi connectivity index (χ3n) is 4.80. The topological polar surface area (TPSA) is 89.9 Å². The molecule has 2 N–H and O–H groups in total. The molecule has 7 heteroatoms. The summed E-state index contributed by atoms with van der Waals surface area (Å²) in [6.07, 6.45) is 6.93. The van der Waals surface area contributed by atoms with Gasteiger partial charge in [-0.3, -0.25) is 9.48 Å². The van der Waals surface area contributed by atoms with Crippen LogP contribution in [0, 0.1) is 5.92 Å². The number of nitrogens with zero attached hydrogens (tertiary/aromatic N) is 5. The van der Waals surface area contributed by atoms with Crippen molar-refractivity contribution in [1.82, 2.24) is 24.6 Å². The van der Waals surface area contributed by atoms with Crippen LogP contribution >= 0.6 is 0 Å². The fourth-order valence-electron chi connectivity index (χ4n) is 3.22. The molecule has 134 valence electrons. The summed E-state index contributed by atoms with van der Waals surface area (Å²) in [5.41, 5.74) is 6.99. The summed E-state index contributed by atoms with van der Waals surface area (Å²) < 4.78 is 1.97. The number of hydrogen-bond acceptors (Lipinski definition) is 5. The lowest BCUT2D eigenvalue weighted by Gasteiger charge is -2.32. The van der Waals surface area contributed by atoms with Crippen LogP contribution in [0.1, 0.15) is 55.2 Å². The Balaban J connectivity index is 1.56. The molecule has 3 rings (SSSR count). The van der Waals surface area contributed by atoms with E-state index in [9.17, 15) is 4.79 Å². The molecule has 7 nitrogen and oxygen atoms in total. The first-order valence-electron chi connectivity index (χ1n) is 8.94. The molecule has 1 amide bonds. The minimum atomic E-state index is -0.0403. The van der Waals surface area contributed by atoms with Crippen molar-refractivity contribution in [1.29, 1.82) is 0 Å². The van der Waals surface area contributed by atoms with Gasteiger partial charge in [-0.25, -0.2) is 9.97 Å². The van der Waals surface area contributed by atoms with Crippen LogP contribution in [-0.4, -0.2) is 43.6 Å². The molecule has 1 aliphatic heterocycles. The van der Waals surface area contributed by atoms with Gasteiger partial charge in [0, 0.05) is 37.7 Å². The van der Waals surface area contributed by atoms with E-state index in [0.29, 0.717) is 11.6 Å². The second kappa shape index (κ2) is 7.63. The highest BCUT2D eigenvalue weighted by molar-refractivity contribution is 5.92. The quantitative estimate of drug-likeness (QED) is 0.900. The smallest absolute Gasteiger partial charge is 0.272 e. The maximum absolute atomic E-state index is 12.7. The molecular weight excluding hydrogens is 316 g/mol. The van der Waals surface area contributed by atoms with Gasteiger partial charge in [0.05, 0.1) is 0 Å². The summed E-state index contributed by atoms with van der Waals surface area (Å²) in [5, 5.41) is 4.24. The zero-order chi connectivity index (χ0) is 17.8. The normalized spacial score (nSPS) is 15.7. The lowest BCUT2D eigenvalue weighted by molar-refractivity contribution is 0.0678. The molecule has 0 aromatic carbocycles. The fourth-order valence-corrected chi connectivity index (χ4v) is 3.22. The number of anilines is 1. The summed E-state index contributed by atoms with van der Waals surface area (Å²) in [4.78, 5) is 23.0. The number of nitrogens with two attached hydrogens (primary N) is 1. The van der Waals surface area contributed by atoms with Gasteiger partial charge in [-0.05, 0) is 43.2 Å². The minimum absolute atomic E-state index is 0.0403. The molecular formula is C18H26N6O. The van der Waals surface area contributed by atoms with Crippen molar-refractivity contribution in [2.75, 3.05) is 18.8 Å². The average molecular weight is 342 g/mol. The Morgan fingerprint density at radius 2 is 2.08 bits per heavy atom. The molecule has 25 heavy (non-hydrogen) atoms. The van der Waals surface area contributed by atoms with E-state index in [1.54, 1.807) is 12.3 Å². The molecule has 0 aliphatic carbocycles. The van der Waals surface area contributed by atoms with Crippen LogP contribution in [0.4, 0.5) is 5.95 Å². The number of amides is 1. The molecule has 0 saturated carbocycles. The van der Waals surface area contributed by atoms with Crippen LogP contribution in [0.2, 0.25) is 0 Å². The number of likely N-dealkylation sites (tertiary alicyclic amines) is 1. The Bertz CT molecular complexity index is 704. The average Bonchev–Trinajstić information content (AvgIpc) is 3.13. The van der Waals surface area contributed by atoms with Gasteiger partial charge in [-0.1, -0.05) is 13.8 Å². The molecule has 2 aromatic heterocycles. The molecule has 0 atom stereocenters. The largest absolute Gasteiger partial charge is 0.368 e. The van der Waals surface area contributed by atoms with E-state index >= 15 is 0 Å². The van der Waals surface area contributed by atoms with Gasteiger partial charge in [0.15, 0.2) is 0 Å². The minimum Gasteiger partial charge on any atom is -0.368 e. The first-order chi connectivity index (χ1) is 12.0. The van der Waals surface area contributed by atoms with Gasteiger partial charge in [-0.15, -0.1) is 0 Å². The van der Waals surface area contributed by atoms with E-state index in [1.165, 1.54) is 0 Å². The zero-order valence-electron chi connectivity index (χ0n) is 14.9. The van der Waals surface area contributed by atoms with Crippen molar-refractivity contribution >= 4 is 11.9 Å². The Morgan fingerprint density at radius 1 is 1.32 bits per heavy atom. The van der Waals surface area contributed by atoms with E-state index in [0.717, 1.165) is 44.6 Å². The lowest BCUT2D eigenvalue weighted by atomic mass is 9.93. The molecule has 0 bridgehead atoms. The van der Waals surface area contributed by atoms with Gasteiger partial charge in [0.1, 0.15) is 5.69 Å². The van der Waals surface area contributed by atoms with Crippen molar-refractivity contribution in [2.24, 2.45) is 5.92 Å². The van der Waals surface area contributed by atoms with Gasteiger partial charge in [0.25, 0.3) is 5.91 Å². The number of nitrogen functional groups attached to an aromatic ring is 1. The van der Waals surface area contributed by atoms with Crippen molar-refractivity contribution in [3.63, 3.8) is 0 Å². The van der Waals surface area contributed by atoms with Crippen molar-refractivity contribution < 1.29 is 4.79 Å². The Hall–Kier alpha value is -2.44. The summed E-state index contributed by atoms with van der Waals surface area (Å²) in [6.45, 7) is 6.53. The number of carbonyl (C=O) groups is 1. The Labute approximate surface area is 148 Å². The van der Waals surface area contributed by atoms with Gasteiger partial charge < -0.3 is 10.6 Å². The molecule has 0 unspecified atom stereocenters. The lowest BCUT2D eigenvalue weighted by Crippen LogP contribution is -2.39. The van der Waals surface area contributed by atoms with E-state index in [2.05, 4.69) is 15.1 Å². The highest BCUT2D eigenvalue weighted by Crippen LogP contribution is 2.23. The van der Waals surface area contributed by atoms with Crippen LogP contribution in [0.15, 0.2) is 24.5 Å². The Kier molecular flexibility index (Phi) is 5.31. The van der Waals surface area contributed by atoms with E-state index < -0.39 is 0 Å². The van der Waals surface area contributed by atoms with Crippen molar-refractivity contribution in [3.05, 3.63) is 35.9 Å². The number of carbonyl (C=O) groups excluding carboxylic acids is 1. The third-order valence-corrected chi connectivity index (χ3v) is 4.80. The molecule has 1 fully saturated rings. The summed E-state index contributed by atoms with van der Waals surface area (Å²) in [6, 6.07) is 3.72. The maximum atomic E-state index is 12.7. The number of aryl methyl sites for hydroxylation is 1. The number of aromatic nitrogens is 4. The van der Waals surface area contributed by atoms with Crippen LogP contribution in [0.3, 0.4) is 0 Å². The van der Waals surface area contributed by atoms with Crippen LogP contribution in [-0.2, 0) is 6.54 Å². The summed E-state index contributed by atoms with van der Waals surface area (Å²) in [5.74, 6) is 0.977. The standard InChI is InChI=1S/C18H26N6O/c1-13(2)15-12-16(22-18(19)21-15)17(25)23-9-4-14(5-10-23)6-11-24-8-3-7-20-24/h3,7-8,12-14H,4-6,9-11H2,1-2H3,(H2,19,21,22). The number of piperidine rings is 1. The van der Waals surface area contributed by atoms with Crippen LogP contribution < -0.4 is 5.73 Å². The van der Waals surface area contributed by atoms with Crippen molar-refractivity contribution in [2.45, 2.75) is 45.6 Å². The van der Waals surface area contributed by atoms with E-state index in [-0.39, 0.29) is 17.8 Å². The van der Waals surface area contributed by atoms with E-state index in [4.69, 9.17) is 5.73 Å².